The first-order valence-electron chi connectivity index (χ1n) is 7.33. The number of nitrogens with zero attached hydrogens (tertiary/aromatic N) is 1. The van der Waals surface area contributed by atoms with E-state index in [4.69, 9.17) is 0 Å². The van der Waals surface area contributed by atoms with Crippen LogP contribution in [0, 0.1) is 5.92 Å². The SMILES string of the molecule is O=C(NC1CC1)C1CCN(C(=O)Cc2cccs2)CC1. The van der Waals surface area contributed by atoms with Crippen molar-refractivity contribution in [3.05, 3.63) is 22.4 Å². The molecule has 0 aromatic carbocycles. The molecule has 0 atom stereocenters. The Morgan fingerprint density at radius 2 is 2.00 bits per heavy atom. The molecule has 1 aromatic heterocycles. The second-order valence-electron chi connectivity index (χ2n) is 5.69. The summed E-state index contributed by atoms with van der Waals surface area (Å²) in [5.41, 5.74) is 0. The molecule has 0 unspecified atom stereocenters. The van der Waals surface area contributed by atoms with Gasteiger partial charge < -0.3 is 10.2 Å². The molecule has 2 amide bonds. The fraction of sp³-hybridized carbons (Fsp3) is 0.600. The predicted octanol–water partition coefficient (Wildman–Crippen LogP) is 1.81. The number of hydrogen-bond donors (Lipinski definition) is 1. The summed E-state index contributed by atoms with van der Waals surface area (Å²) >= 11 is 1.62. The van der Waals surface area contributed by atoms with Crippen LogP contribution >= 0.6 is 11.3 Å². The fourth-order valence-corrected chi connectivity index (χ4v) is 3.31. The van der Waals surface area contributed by atoms with Gasteiger partial charge in [0.05, 0.1) is 6.42 Å². The maximum Gasteiger partial charge on any atom is 0.227 e. The first kappa shape index (κ1) is 13.6. The Bertz CT molecular complexity index is 474. The Balaban J connectivity index is 1.45. The van der Waals surface area contributed by atoms with Gasteiger partial charge in [-0.05, 0) is 37.1 Å². The van der Waals surface area contributed by atoms with Crippen LogP contribution in [0.15, 0.2) is 17.5 Å². The molecular weight excluding hydrogens is 272 g/mol. The van der Waals surface area contributed by atoms with Gasteiger partial charge in [-0.2, -0.15) is 0 Å². The van der Waals surface area contributed by atoms with Gasteiger partial charge in [0.15, 0.2) is 0 Å². The minimum absolute atomic E-state index is 0.0985. The summed E-state index contributed by atoms with van der Waals surface area (Å²) in [6.07, 6.45) is 4.36. The van der Waals surface area contributed by atoms with E-state index in [0.717, 1.165) is 30.6 Å². The van der Waals surface area contributed by atoms with Gasteiger partial charge in [0, 0.05) is 29.9 Å². The van der Waals surface area contributed by atoms with Gasteiger partial charge in [-0.25, -0.2) is 0 Å². The van der Waals surface area contributed by atoms with Gasteiger partial charge in [0.25, 0.3) is 0 Å². The average molecular weight is 292 g/mol. The van der Waals surface area contributed by atoms with Crippen molar-refractivity contribution >= 4 is 23.2 Å². The molecule has 2 heterocycles. The number of nitrogens with one attached hydrogen (secondary N) is 1. The molecule has 108 valence electrons. The maximum atomic E-state index is 12.2. The van der Waals surface area contributed by atoms with Crippen LogP contribution in [-0.4, -0.2) is 35.8 Å². The Labute approximate surface area is 123 Å². The number of hydrogen-bond acceptors (Lipinski definition) is 3. The van der Waals surface area contributed by atoms with Gasteiger partial charge >= 0.3 is 0 Å². The predicted molar refractivity (Wildman–Crippen MR) is 78.5 cm³/mol. The van der Waals surface area contributed by atoms with Gasteiger partial charge in [0.1, 0.15) is 0 Å². The zero-order chi connectivity index (χ0) is 13.9. The van der Waals surface area contributed by atoms with Gasteiger partial charge in [-0.3, -0.25) is 9.59 Å². The zero-order valence-electron chi connectivity index (χ0n) is 11.5. The minimum Gasteiger partial charge on any atom is -0.353 e. The molecule has 5 heteroatoms. The lowest BCUT2D eigenvalue weighted by atomic mass is 9.95. The quantitative estimate of drug-likeness (QED) is 0.920. The molecule has 0 radical (unpaired) electrons. The molecule has 20 heavy (non-hydrogen) atoms. The minimum atomic E-state index is 0.0985. The summed E-state index contributed by atoms with van der Waals surface area (Å²) in [6, 6.07) is 4.40. The van der Waals surface area contributed by atoms with E-state index < -0.39 is 0 Å². The molecule has 2 fully saturated rings. The van der Waals surface area contributed by atoms with Crippen LogP contribution in [0.3, 0.4) is 0 Å². The standard InChI is InChI=1S/C15H20N2O2S/c18-14(10-13-2-1-9-20-13)17-7-5-11(6-8-17)15(19)16-12-3-4-12/h1-2,9,11-12H,3-8,10H2,(H,16,19). The molecule has 1 saturated heterocycles. The van der Waals surface area contributed by atoms with E-state index in [1.54, 1.807) is 11.3 Å². The third-order valence-corrected chi connectivity index (χ3v) is 4.92. The Morgan fingerprint density at radius 1 is 1.25 bits per heavy atom. The summed E-state index contributed by atoms with van der Waals surface area (Å²) in [6.45, 7) is 1.43. The average Bonchev–Trinajstić information content (AvgIpc) is 3.12. The van der Waals surface area contributed by atoms with Crippen molar-refractivity contribution in [2.24, 2.45) is 5.92 Å². The van der Waals surface area contributed by atoms with Gasteiger partial charge in [-0.15, -0.1) is 11.3 Å². The molecule has 0 bridgehead atoms. The van der Waals surface area contributed by atoms with E-state index in [1.807, 2.05) is 22.4 Å². The topological polar surface area (TPSA) is 49.4 Å². The second kappa shape index (κ2) is 5.95. The Hall–Kier alpha value is -1.36. The van der Waals surface area contributed by atoms with Crippen LogP contribution in [0.25, 0.3) is 0 Å². The normalized spacial score (nSPS) is 19.9. The number of thiophene rings is 1. The smallest absolute Gasteiger partial charge is 0.227 e. The highest BCUT2D eigenvalue weighted by Crippen LogP contribution is 2.23. The Kier molecular flexibility index (Phi) is 4.05. The molecule has 2 aliphatic rings. The summed E-state index contributed by atoms with van der Waals surface area (Å²) in [5, 5.41) is 5.06. The van der Waals surface area contributed by atoms with E-state index >= 15 is 0 Å². The van der Waals surface area contributed by atoms with Crippen LogP contribution in [0.2, 0.25) is 0 Å². The number of carbonyl (C=O) groups excluding carboxylic acids is 2. The van der Waals surface area contributed by atoms with E-state index in [0.29, 0.717) is 25.6 Å². The highest BCUT2D eigenvalue weighted by molar-refractivity contribution is 7.10. The zero-order valence-corrected chi connectivity index (χ0v) is 12.3. The van der Waals surface area contributed by atoms with E-state index in [9.17, 15) is 9.59 Å². The van der Waals surface area contributed by atoms with Gasteiger partial charge in [0.2, 0.25) is 11.8 Å². The maximum absolute atomic E-state index is 12.2. The summed E-state index contributed by atoms with van der Waals surface area (Å²) in [7, 11) is 0. The van der Waals surface area contributed by atoms with Crippen molar-refractivity contribution in [1.82, 2.24) is 10.2 Å². The van der Waals surface area contributed by atoms with Crippen molar-refractivity contribution < 1.29 is 9.59 Å². The van der Waals surface area contributed by atoms with Crippen molar-refractivity contribution in [3.8, 4) is 0 Å². The van der Waals surface area contributed by atoms with E-state index in [-0.39, 0.29) is 17.7 Å². The Morgan fingerprint density at radius 3 is 2.60 bits per heavy atom. The van der Waals surface area contributed by atoms with Crippen LogP contribution in [-0.2, 0) is 16.0 Å². The molecule has 3 rings (SSSR count). The third kappa shape index (κ3) is 3.39. The lowest BCUT2D eigenvalue weighted by molar-refractivity contribution is -0.135. The second-order valence-corrected chi connectivity index (χ2v) is 6.73. The third-order valence-electron chi connectivity index (χ3n) is 4.05. The lowest BCUT2D eigenvalue weighted by Crippen LogP contribution is -2.43. The number of carbonyl (C=O) groups is 2. The molecule has 1 aliphatic carbocycles. The summed E-state index contributed by atoms with van der Waals surface area (Å²) < 4.78 is 0. The van der Waals surface area contributed by atoms with Crippen LogP contribution < -0.4 is 5.32 Å². The lowest BCUT2D eigenvalue weighted by Gasteiger charge is -2.31. The molecule has 1 saturated carbocycles. The number of rotatable bonds is 4. The summed E-state index contributed by atoms with van der Waals surface area (Å²) in [5.74, 6) is 0.479. The summed E-state index contributed by atoms with van der Waals surface area (Å²) in [4.78, 5) is 27.1. The highest BCUT2D eigenvalue weighted by Gasteiger charge is 2.30. The molecular formula is C15H20N2O2S. The molecule has 0 spiro atoms. The van der Waals surface area contributed by atoms with Crippen LogP contribution in [0.1, 0.15) is 30.6 Å². The fourth-order valence-electron chi connectivity index (χ4n) is 2.61. The largest absolute Gasteiger partial charge is 0.353 e. The first-order valence-corrected chi connectivity index (χ1v) is 8.21. The number of amides is 2. The van der Waals surface area contributed by atoms with Crippen molar-refractivity contribution in [2.45, 2.75) is 38.1 Å². The van der Waals surface area contributed by atoms with Crippen LogP contribution in [0.5, 0.6) is 0 Å². The van der Waals surface area contributed by atoms with Gasteiger partial charge in [-0.1, -0.05) is 6.07 Å². The monoisotopic (exact) mass is 292 g/mol. The molecule has 4 nitrogen and oxygen atoms in total. The molecule has 1 aromatic rings. The highest BCUT2D eigenvalue weighted by atomic mass is 32.1. The number of piperidine rings is 1. The van der Waals surface area contributed by atoms with Crippen molar-refractivity contribution in [2.75, 3.05) is 13.1 Å². The number of likely N-dealkylation sites (tertiary alicyclic amines) is 1. The van der Waals surface area contributed by atoms with Crippen molar-refractivity contribution in [1.29, 1.82) is 0 Å². The first-order chi connectivity index (χ1) is 9.72. The molecule has 1 aliphatic heterocycles. The van der Waals surface area contributed by atoms with Crippen LogP contribution in [0.4, 0.5) is 0 Å². The molecule has 1 N–H and O–H groups in total. The van der Waals surface area contributed by atoms with E-state index in [1.165, 1.54) is 0 Å². The van der Waals surface area contributed by atoms with E-state index in [2.05, 4.69) is 5.32 Å². The van der Waals surface area contributed by atoms with Crippen molar-refractivity contribution in [3.63, 3.8) is 0 Å².